The number of hydrogen-bond acceptors (Lipinski definition) is 5. The van der Waals surface area contributed by atoms with Crippen LogP contribution in [0.1, 0.15) is 5.56 Å². The van der Waals surface area contributed by atoms with E-state index in [4.69, 9.17) is 14.5 Å². The van der Waals surface area contributed by atoms with Crippen LogP contribution in [0.5, 0.6) is 11.5 Å². The Kier molecular flexibility index (Phi) is 3.28. The minimum Gasteiger partial charge on any atom is -0.454 e. The van der Waals surface area contributed by atoms with Crippen LogP contribution in [0.25, 0.3) is 17.0 Å². The van der Waals surface area contributed by atoms with Gasteiger partial charge in [-0.1, -0.05) is 12.1 Å². The molecule has 0 bridgehead atoms. The molecule has 1 aliphatic heterocycles. The molecule has 0 amide bonds. The maximum Gasteiger partial charge on any atom is 0.231 e. The number of rotatable bonds is 3. The normalized spacial score (nSPS) is 12.5. The summed E-state index contributed by atoms with van der Waals surface area (Å²) in [4.78, 5) is 9.24. The molecule has 4 aromatic rings. The van der Waals surface area contributed by atoms with Crippen molar-refractivity contribution in [2.45, 2.75) is 6.92 Å². The Morgan fingerprint density at radius 2 is 1.96 bits per heavy atom. The second-order valence-electron chi connectivity index (χ2n) is 6.15. The number of nitrogens with one attached hydrogen (secondary N) is 1. The summed E-state index contributed by atoms with van der Waals surface area (Å²) >= 11 is 0. The maximum absolute atomic E-state index is 5.48. The van der Waals surface area contributed by atoms with Crippen LogP contribution in [0, 0.1) is 6.92 Å². The van der Waals surface area contributed by atoms with Crippen molar-refractivity contribution in [1.82, 2.24) is 14.4 Å². The van der Waals surface area contributed by atoms with Gasteiger partial charge in [-0.3, -0.25) is 9.38 Å². The Morgan fingerprint density at radius 1 is 1.04 bits per heavy atom. The Balaban J connectivity index is 1.66. The highest BCUT2D eigenvalue weighted by atomic mass is 16.7. The highest BCUT2D eigenvalue weighted by molar-refractivity contribution is 5.78. The van der Waals surface area contributed by atoms with Crippen LogP contribution in [-0.2, 0) is 0 Å². The van der Waals surface area contributed by atoms with Gasteiger partial charge in [0.05, 0.1) is 5.69 Å². The van der Waals surface area contributed by atoms with E-state index in [0.717, 1.165) is 45.6 Å². The lowest BCUT2D eigenvalue weighted by Gasteiger charge is -2.10. The van der Waals surface area contributed by atoms with Gasteiger partial charge in [0.15, 0.2) is 11.5 Å². The number of fused-ring (bicyclic) bond motifs is 2. The molecular weight excluding hydrogens is 328 g/mol. The van der Waals surface area contributed by atoms with Gasteiger partial charge in [0.25, 0.3) is 0 Å². The molecule has 0 atom stereocenters. The number of pyridine rings is 2. The Bertz CT molecular complexity index is 1110. The molecule has 6 nitrogen and oxygen atoms in total. The van der Waals surface area contributed by atoms with Crippen LogP contribution >= 0.6 is 0 Å². The summed E-state index contributed by atoms with van der Waals surface area (Å²) in [5, 5.41) is 3.48. The molecular formula is C20H16N4O2. The zero-order valence-electron chi connectivity index (χ0n) is 14.1. The fourth-order valence-corrected chi connectivity index (χ4v) is 3.06. The third kappa shape index (κ3) is 2.43. The van der Waals surface area contributed by atoms with E-state index in [1.165, 1.54) is 0 Å². The van der Waals surface area contributed by atoms with Crippen molar-refractivity contribution in [2.75, 3.05) is 12.1 Å². The third-order valence-corrected chi connectivity index (χ3v) is 4.31. The SMILES string of the molecule is Cc1ccc2nc(-c3ccccn3)c(Nc3ccc4c(c3)OCO4)n2c1. The summed E-state index contributed by atoms with van der Waals surface area (Å²) in [5.41, 5.74) is 4.52. The van der Waals surface area contributed by atoms with Crippen LogP contribution in [0.15, 0.2) is 60.9 Å². The van der Waals surface area contributed by atoms with Crippen molar-refractivity contribution < 1.29 is 9.47 Å². The van der Waals surface area contributed by atoms with Gasteiger partial charge in [-0.25, -0.2) is 4.98 Å². The van der Waals surface area contributed by atoms with E-state index in [0.29, 0.717) is 0 Å². The number of nitrogens with zero attached hydrogens (tertiary/aromatic N) is 3. The van der Waals surface area contributed by atoms with Gasteiger partial charge in [-0.05, 0) is 42.8 Å². The second kappa shape index (κ2) is 5.77. The zero-order chi connectivity index (χ0) is 17.5. The van der Waals surface area contributed by atoms with Crippen molar-refractivity contribution in [3.8, 4) is 22.9 Å². The van der Waals surface area contributed by atoms with E-state index in [9.17, 15) is 0 Å². The number of hydrogen-bond donors (Lipinski definition) is 1. The average Bonchev–Trinajstić information content (AvgIpc) is 3.27. The van der Waals surface area contributed by atoms with E-state index < -0.39 is 0 Å². The molecule has 1 N–H and O–H groups in total. The topological polar surface area (TPSA) is 60.7 Å². The summed E-state index contributed by atoms with van der Waals surface area (Å²) in [6.45, 7) is 2.32. The number of benzene rings is 1. The first-order valence-electron chi connectivity index (χ1n) is 8.35. The summed E-state index contributed by atoms with van der Waals surface area (Å²) in [6.07, 6.45) is 3.83. The predicted molar refractivity (Wildman–Crippen MR) is 99.0 cm³/mol. The molecule has 26 heavy (non-hydrogen) atoms. The minimum absolute atomic E-state index is 0.257. The molecule has 0 radical (unpaired) electrons. The number of ether oxygens (including phenoxy) is 2. The van der Waals surface area contributed by atoms with Crippen LogP contribution in [-0.4, -0.2) is 21.2 Å². The van der Waals surface area contributed by atoms with Gasteiger partial charge in [-0.2, -0.15) is 0 Å². The van der Waals surface area contributed by atoms with Crippen LogP contribution in [0.2, 0.25) is 0 Å². The minimum atomic E-state index is 0.257. The molecule has 4 heterocycles. The fraction of sp³-hybridized carbons (Fsp3) is 0.100. The van der Waals surface area contributed by atoms with Crippen molar-refractivity contribution in [2.24, 2.45) is 0 Å². The summed E-state index contributed by atoms with van der Waals surface area (Å²) in [5.74, 6) is 2.36. The first kappa shape index (κ1) is 14.8. The highest BCUT2D eigenvalue weighted by Gasteiger charge is 2.18. The van der Waals surface area contributed by atoms with Crippen LogP contribution in [0.3, 0.4) is 0 Å². The molecule has 0 spiro atoms. The van der Waals surface area contributed by atoms with Gasteiger partial charge in [0.2, 0.25) is 6.79 Å². The number of aromatic nitrogens is 3. The first-order valence-corrected chi connectivity index (χ1v) is 8.35. The molecule has 3 aromatic heterocycles. The molecule has 1 aromatic carbocycles. The van der Waals surface area contributed by atoms with Crippen molar-refractivity contribution >= 4 is 17.2 Å². The Morgan fingerprint density at radius 3 is 2.85 bits per heavy atom. The third-order valence-electron chi connectivity index (χ3n) is 4.31. The van der Waals surface area contributed by atoms with Crippen LogP contribution < -0.4 is 14.8 Å². The molecule has 6 heteroatoms. The van der Waals surface area contributed by atoms with Crippen LogP contribution in [0.4, 0.5) is 11.5 Å². The van der Waals surface area contributed by atoms with Gasteiger partial charge < -0.3 is 14.8 Å². The average molecular weight is 344 g/mol. The highest BCUT2D eigenvalue weighted by Crippen LogP contribution is 2.36. The van der Waals surface area contributed by atoms with Gasteiger partial charge in [0, 0.05) is 24.1 Å². The molecule has 0 unspecified atom stereocenters. The second-order valence-corrected chi connectivity index (χ2v) is 6.15. The molecule has 0 fully saturated rings. The predicted octanol–water partition coefficient (Wildman–Crippen LogP) is 4.18. The number of imidazole rings is 1. The molecule has 128 valence electrons. The smallest absolute Gasteiger partial charge is 0.231 e. The Labute approximate surface area is 150 Å². The Hall–Kier alpha value is -3.54. The summed E-state index contributed by atoms with van der Waals surface area (Å²) in [7, 11) is 0. The van der Waals surface area contributed by atoms with E-state index in [1.807, 2.05) is 46.9 Å². The van der Waals surface area contributed by atoms with E-state index in [-0.39, 0.29) is 6.79 Å². The number of aryl methyl sites for hydroxylation is 1. The number of anilines is 2. The summed E-state index contributed by atoms with van der Waals surface area (Å²) in [6, 6.07) is 15.7. The lowest BCUT2D eigenvalue weighted by molar-refractivity contribution is 0.174. The van der Waals surface area contributed by atoms with Crippen molar-refractivity contribution in [3.63, 3.8) is 0 Å². The first-order chi connectivity index (χ1) is 12.8. The molecule has 1 aliphatic rings. The quantitative estimate of drug-likeness (QED) is 0.604. The fourth-order valence-electron chi connectivity index (χ4n) is 3.06. The lowest BCUT2D eigenvalue weighted by atomic mass is 10.2. The summed E-state index contributed by atoms with van der Waals surface area (Å²) < 4.78 is 12.9. The van der Waals surface area contributed by atoms with Crippen molar-refractivity contribution in [3.05, 3.63) is 66.5 Å². The van der Waals surface area contributed by atoms with Gasteiger partial charge in [-0.15, -0.1) is 0 Å². The van der Waals surface area contributed by atoms with E-state index in [1.54, 1.807) is 6.20 Å². The molecule has 5 rings (SSSR count). The largest absolute Gasteiger partial charge is 0.454 e. The molecule has 0 aliphatic carbocycles. The standard InChI is InChI=1S/C20H16N4O2/c1-13-5-8-18-23-19(15-4-2-3-9-21-15)20(24(18)11-13)22-14-6-7-16-17(10-14)26-12-25-16/h2-11,22H,12H2,1H3. The van der Waals surface area contributed by atoms with Gasteiger partial charge in [0.1, 0.15) is 17.2 Å². The van der Waals surface area contributed by atoms with Gasteiger partial charge >= 0.3 is 0 Å². The molecule has 0 saturated carbocycles. The maximum atomic E-state index is 5.48. The molecule has 0 saturated heterocycles. The zero-order valence-corrected chi connectivity index (χ0v) is 14.1. The van der Waals surface area contributed by atoms with E-state index >= 15 is 0 Å². The van der Waals surface area contributed by atoms with Crippen molar-refractivity contribution in [1.29, 1.82) is 0 Å². The monoisotopic (exact) mass is 344 g/mol. The lowest BCUT2D eigenvalue weighted by Crippen LogP contribution is -1.98. The van der Waals surface area contributed by atoms with E-state index in [2.05, 4.69) is 29.5 Å².